The molecule has 0 aromatic heterocycles. The van der Waals surface area contributed by atoms with Gasteiger partial charge in [0.05, 0.1) is 23.5 Å². The van der Waals surface area contributed by atoms with Crippen molar-refractivity contribution in [1.29, 1.82) is 0 Å². The molecule has 0 heterocycles. The molecule has 0 fully saturated rings. The number of para-hydroxylation sites is 1. The molecule has 2 aromatic carbocycles. The number of rotatable bonds is 3. The molecular formula is C17H17ClN2O. The van der Waals surface area contributed by atoms with Gasteiger partial charge in [-0.2, -0.15) is 5.10 Å². The summed E-state index contributed by atoms with van der Waals surface area (Å²) in [7, 11) is 1.69. The van der Waals surface area contributed by atoms with E-state index < -0.39 is 0 Å². The molecule has 4 heteroatoms. The van der Waals surface area contributed by atoms with Gasteiger partial charge in [-0.25, -0.2) is 0 Å². The van der Waals surface area contributed by atoms with E-state index >= 15 is 0 Å². The highest BCUT2D eigenvalue weighted by atomic mass is 35.5. The van der Waals surface area contributed by atoms with E-state index in [1.54, 1.807) is 7.11 Å². The average molecular weight is 301 g/mol. The Morgan fingerprint density at radius 3 is 2.67 bits per heavy atom. The lowest BCUT2D eigenvalue weighted by molar-refractivity contribution is 0.408. The molecule has 1 N–H and O–H groups in total. The number of halogens is 1. The number of nitrogens with one attached hydrogen (secondary N) is 1. The summed E-state index contributed by atoms with van der Waals surface area (Å²) in [6.45, 7) is 0. The number of hydrogen-bond acceptors (Lipinski definition) is 3. The molecule has 1 aliphatic rings. The monoisotopic (exact) mass is 300 g/mol. The highest BCUT2D eigenvalue weighted by molar-refractivity contribution is 6.34. The van der Waals surface area contributed by atoms with Crippen molar-refractivity contribution in [2.45, 2.75) is 19.3 Å². The molecule has 3 nitrogen and oxygen atoms in total. The van der Waals surface area contributed by atoms with Gasteiger partial charge in [-0.1, -0.05) is 29.8 Å². The van der Waals surface area contributed by atoms with E-state index in [1.807, 2.05) is 42.5 Å². The number of hydrogen-bond donors (Lipinski definition) is 1. The molecule has 0 amide bonds. The van der Waals surface area contributed by atoms with Crippen molar-refractivity contribution in [3.63, 3.8) is 0 Å². The maximum atomic E-state index is 6.38. The lowest BCUT2D eigenvalue weighted by atomic mass is 9.89. The van der Waals surface area contributed by atoms with Crippen LogP contribution >= 0.6 is 11.6 Å². The Kier molecular flexibility index (Phi) is 4.11. The predicted octanol–water partition coefficient (Wildman–Crippen LogP) is 4.50. The number of hydrazone groups is 1. The Morgan fingerprint density at radius 1 is 1.10 bits per heavy atom. The van der Waals surface area contributed by atoms with Gasteiger partial charge in [0.25, 0.3) is 0 Å². The van der Waals surface area contributed by atoms with Gasteiger partial charge in [-0.05, 0) is 43.5 Å². The van der Waals surface area contributed by atoms with Gasteiger partial charge >= 0.3 is 0 Å². The van der Waals surface area contributed by atoms with E-state index in [1.165, 1.54) is 0 Å². The first-order valence-corrected chi connectivity index (χ1v) is 7.41. The number of benzene rings is 2. The second kappa shape index (κ2) is 6.19. The number of ether oxygens (including phenoxy) is 1. The van der Waals surface area contributed by atoms with Crippen LogP contribution in [-0.2, 0) is 6.42 Å². The van der Waals surface area contributed by atoms with Crippen LogP contribution in [0.2, 0.25) is 5.02 Å². The Balaban J connectivity index is 1.97. The molecule has 21 heavy (non-hydrogen) atoms. The second-order valence-corrected chi connectivity index (χ2v) is 5.40. The van der Waals surface area contributed by atoms with E-state index in [4.69, 9.17) is 16.3 Å². The summed E-state index contributed by atoms with van der Waals surface area (Å²) >= 11 is 6.38. The van der Waals surface area contributed by atoms with E-state index in [0.717, 1.165) is 52.6 Å². The zero-order valence-electron chi connectivity index (χ0n) is 11.9. The van der Waals surface area contributed by atoms with Gasteiger partial charge in [0.2, 0.25) is 0 Å². The van der Waals surface area contributed by atoms with Crippen molar-refractivity contribution in [1.82, 2.24) is 0 Å². The summed E-state index contributed by atoms with van der Waals surface area (Å²) in [5, 5.41) is 5.29. The van der Waals surface area contributed by atoms with Crippen molar-refractivity contribution in [2.75, 3.05) is 12.5 Å². The first kappa shape index (κ1) is 14.0. The van der Waals surface area contributed by atoms with Crippen LogP contribution in [0.1, 0.15) is 24.0 Å². The second-order valence-electron chi connectivity index (χ2n) is 4.99. The van der Waals surface area contributed by atoms with Gasteiger partial charge in [0, 0.05) is 11.1 Å². The third kappa shape index (κ3) is 2.88. The van der Waals surface area contributed by atoms with Crippen LogP contribution in [0.5, 0.6) is 5.75 Å². The lowest BCUT2D eigenvalue weighted by Crippen LogP contribution is -2.15. The number of methoxy groups -OCH3 is 1. The minimum Gasteiger partial charge on any atom is -0.496 e. The largest absolute Gasteiger partial charge is 0.496 e. The summed E-state index contributed by atoms with van der Waals surface area (Å²) in [5.74, 6) is 0.890. The molecule has 0 spiro atoms. The first-order valence-electron chi connectivity index (χ1n) is 7.03. The fourth-order valence-electron chi connectivity index (χ4n) is 2.67. The topological polar surface area (TPSA) is 33.6 Å². The third-order valence-electron chi connectivity index (χ3n) is 3.66. The first-order chi connectivity index (χ1) is 10.3. The standard InChI is InChI=1S/C17H17ClN2O/c1-21-16-11-10-14(18)17-13(16)8-5-9-15(17)20-19-12-6-3-2-4-7-12/h2-4,6-7,10-11,19H,5,8-9H2,1H3/b20-15-. The molecule has 0 saturated heterocycles. The lowest BCUT2D eigenvalue weighted by Gasteiger charge is -2.21. The van der Waals surface area contributed by atoms with Gasteiger partial charge < -0.3 is 4.74 Å². The van der Waals surface area contributed by atoms with Crippen LogP contribution in [0.25, 0.3) is 0 Å². The van der Waals surface area contributed by atoms with E-state index in [0.29, 0.717) is 0 Å². The van der Waals surface area contributed by atoms with Crippen molar-refractivity contribution >= 4 is 23.0 Å². The molecule has 0 bridgehead atoms. The van der Waals surface area contributed by atoms with E-state index in [2.05, 4.69) is 10.5 Å². The van der Waals surface area contributed by atoms with Crippen molar-refractivity contribution < 1.29 is 4.74 Å². The Morgan fingerprint density at radius 2 is 1.90 bits per heavy atom. The normalized spacial score (nSPS) is 15.6. The molecular weight excluding hydrogens is 284 g/mol. The smallest absolute Gasteiger partial charge is 0.122 e. The fraction of sp³-hybridized carbons (Fsp3) is 0.235. The maximum absolute atomic E-state index is 6.38. The summed E-state index contributed by atoms with van der Waals surface area (Å²) in [6, 6.07) is 13.7. The Labute approximate surface area is 129 Å². The quantitative estimate of drug-likeness (QED) is 0.847. The van der Waals surface area contributed by atoms with Gasteiger partial charge in [-0.3, -0.25) is 5.43 Å². The minimum atomic E-state index is 0.735. The van der Waals surface area contributed by atoms with Crippen LogP contribution in [0.3, 0.4) is 0 Å². The molecule has 0 atom stereocenters. The predicted molar refractivity (Wildman–Crippen MR) is 87.5 cm³/mol. The SMILES string of the molecule is COc1ccc(Cl)c2c1CCC/C2=N/Nc1ccccc1. The van der Waals surface area contributed by atoms with E-state index in [-0.39, 0.29) is 0 Å². The molecule has 0 aliphatic heterocycles. The maximum Gasteiger partial charge on any atom is 0.122 e. The summed E-state index contributed by atoms with van der Waals surface area (Å²) in [4.78, 5) is 0. The van der Waals surface area contributed by atoms with Gasteiger partial charge in [-0.15, -0.1) is 0 Å². The highest BCUT2D eigenvalue weighted by Gasteiger charge is 2.22. The average Bonchev–Trinajstić information content (AvgIpc) is 2.54. The van der Waals surface area contributed by atoms with Gasteiger partial charge in [0.15, 0.2) is 0 Å². The summed E-state index contributed by atoms with van der Waals surface area (Å²) < 4.78 is 5.44. The van der Waals surface area contributed by atoms with Crippen molar-refractivity contribution in [3.8, 4) is 5.75 Å². The number of fused-ring (bicyclic) bond motifs is 1. The molecule has 2 aromatic rings. The zero-order chi connectivity index (χ0) is 14.7. The molecule has 0 saturated carbocycles. The minimum absolute atomic E-state index is 0.735. The van der Waals surface area contributed by atoms with Crippen LogP contribution in [0.4, 0.5) is 5.69 Å². The molecule has 0 radical (unpaired) electrons. The fourth-order valence-corrected chi connectivity index (χ4v) is 2.95. The van der Waals surface area contributed by atoms with Crippen LogP contribution in [-0.4, -0.2) is 12.8 Å². The summed E-state index contributed by atoms with van der Waals surface area (Å²) in [5.41, 5.74) is 7.24. The zero-order valence-corrected chi connectivity index (χ0v) is 12.7. The van der Waals surface area contributed by atoms with Crippen LogP contribution in [0, 0.1) is 0 Å². The van der Waals surface area contributed by atoms with Gasteiger partial charge in [0.1, 0.15) is 5.75 Å². The Bertz CT molecular complexity index is 668. The Hall–Kier alpha value is -2.00. The van der Waals surface area contributed by atoms with Crippen LogP contribution < -0.4 is 10.2 Å². The van der Waals surface area contributed by atoms with E-state index in [9.17, 15) is 0 Å². The molecule has 108 valence electrons. The van der Waals surface area contributed by atoms with Crippen molar-refractivity contribution in [2.24, 2.45) is 5.10 Å². The van der Waals surface area contributed by atoms with Crippen molar-refractivity contribution in [3.05, 3.63) is 58.6 Å². The third-order valence-corrected chi connectivity index (χ3v) is 3.98. The molecule has 0 unspecified atom stereocenters. The highest BCUT2D eigenvalue weighted by Crippen LogP contribution is 2.34. The molecule has 3 rings (SSSR count). The number of nitrogens with zero attached hydrogens (tertiary/aromatic N) is 1. The molecule has 1 aliphatic carbocycles. The van der Waals surface area contributed by atoms with Crippen LogP contribution in [0.15, 0.2) is 47.6 Å². The summed E-state index contributed by atoms with van der Waals surface area (Å²) in [6.07, 6.45) is 2.95. The number of anilines is 1.